The van der Waals surface area contributed by atoms with Crippen LogP contribution in [0.5, 0.6) is 5.75 Å². The number of aromatic hydroxyl groups is 1. The molecule has 0 aliphatic carbocycles. The van der Waals surface area contributed by atoms with Gasteiger partial charge in [0.05, 0.1) is 19.3 Å². The first-order chi connectivity index (χ1) is 28.0. The normalized spacial score (nSPS) is 15.8. The molecule has 4 aromatic carbocycles. The fourth-order valence-electron chi connectivity index (χ4n) is 6.28. The zero-order valence-electron chi connectivity index (χ0n) is 32.0. The Morgan fingerprint density at radius 3 is 2.07 bits per heavy atom. The Morgan fingerprint density at radius 2 is 1.44 bits per heavy atom. The number of benzene rings is 4. The molecule has 59 heavy (non-hydrogen) atoms. The molecule has 0 radical (unpaired) electrons. The number of likely N-dealkylation sites (tertiary alicyclic amines) is 1. The average molecular weight is 822 g/mol. The number of halogens is 3. The van der Waals surface area contributed by atoms with Crippen LogP contribution in [0.25, 0.3) is 10.8 Å². The summed E-state index contributed by atoms with van der Waals surface area (Å²) in [5, 5.41) is 27.4. The van der Waals surface area contributed by atoms with Crippen molar-refractivity contribution in [3.8, 4) is 5.75 Å². The highest BCUT2D eigenvalue weighted by Crippen LogP contribution is 2.25. The molecular weight excluding hydrogens is 775 g/mol. The van der Waals surface area contributed by atoms with E-state index in [0.717, 1.165) is 21.9 Å². The van der Waals surface area contributed by atoms with Crippen molar-refractivity contribution in [1.82, 2.24) is 20.9 Å². The maximum absolute atomic E-state index is 14.5. The van der Waals surface area contributed by atoms with Crippen LogP contribution in [0.2, 0.25) is 0 Å². The summed E-state index contributed by atoms with van der Waals surface area (Å²) in [4.78, 5) is 68.4. The highest BCUT2D eigenvalue weighted by molar-refractivity contribution is 5.95. The van der Waals surface area contributed by atoms with Crippen LogP contribution in [0.15, 0.2) is 102 Å². The van der Waals surface area contributed by atoms with Crippen LogP contribution in [0, 0.1) is 0 Å². The summed E-state index contributed by atoms with van der Waals surface area (Å²) in [5.74, 6) is -4.65. The maximum Gasteiger partial charge on any atom is 0.490 e. The second kappa shape index (κ2) is 21.2. The number of rotatable bonds is 15. The molecule has 1 fully saturated rings. The standard InChI is InChI=1S/C39H45N7O6.C2HF3O2/c1-25(47)44-33(20-27-12-15-31(48)16-13-27)36(49)45-34(21-26-7-3-2-4-8-26)38(51)46-23-32(22-35(46)37(50)42-17-18-43-39(40)41)52-24-28-11-14-29-9-5-6-10-30(29)19-28;3-2(4,5)1(6)7/h2-16,19,32-35,48H,17-18,20-24H2,1H3,(H,42,50)(H,44,47)(H,45,49)(H4,40,41,43);(H,6,7)/t32-,33-,34-,35-;/m1./s1. The first-order valence-electron chi connectivity index (χ1n) is 18.4. The average Bonchev–Trinajstić information content (AvgIpc) is 3.63. The molecule has 0 unspecified atom stereocenters. The molecule has 4 aromatic rings. The van der Waals surface area contributed by atoms with Crippen molar-refractivity contribution in [3.63, 3.8) is 0 Å². The number of carbonyl (C=O) groups is 5. The van der Waals surface area contributed by atoms with Gasteiger partial charge in [0.25, 0.3) is 0 Å². The smallest absolute Gasteiger partial charge is 0.490 e. The molecule has 1 saturated heterocycles. The van der Waals surface area contributed by atoms with Crippen LogP contribution < -0.4 is 27.4 Å². The lowest BCUT2D eigenvalue weighted by Crippen LogP contribution is -2.57. The molecule has 314 valence electrons. The van der Waals surface area contributed by atoms with Crippen molar-refractivity contribution < 1.29 is 52.1 Å². The molecule has 1 aliphatic heterocycles. The van der Waals surface area contributed by atoms with Gasteiger partial charge in [0.2, 0.25) is 23.6 Å². The fraction of sp³-hybridized carbons (Fsp3) is 0.317. The van der Waals surface area contributed by atoms with Crippen LogP contribution in [-0.4, -0.2) is 101 Å². The zero-order valence-corrected chi connectivity index (χ0v) is 32.0. The fourth-order valence-corrected chi connectivity index (χ4v) is 6.28. The maximum atomic E-state index is 14.5. The number of carboxylic acids is 1. The summed E-state index contributed by atoms with van der Waals surface area (Å²) in [6, 6.07) is 26.6. The minimum absolute atomic E-state index is 0.0674. The van der Waals surface area contributed by atoms with Gasteiger partial charge in [0.1, 0.15) is 23.9 Å². The first kappa shape index (κ1) is 45.0. The van der Waals surface area contributed by atoms with Crippen molar-refractivity contribution in [2.75, 3.05) is 19.6 Å². The zero-order chi connectivity index (χ0) is 43.1. The monoisotopic (exact) mass is 821 g/mol. The number of carbonyl (C=O) groups excluding carboxylic acids is 4. The van der Waals surface area contributed by atoms with Crippen molar-refractivity contribution in [3.05, 3.63) is 114 Å². The van der Waals surface area contributed by atoms with E-state index < -0.39 is 60.0 Å². The molecule has 1 heterocycles. The number of phenols is 1. The number of phenolic OH excluding ortho intramolecular Hbond substituents is 1. The van der Waals surface area contributed by atoms with Gasteiger partial charge in [-0.3, -0.25) is 24.2 Å². The van der Waals surface area contributed by atoms with Gasteiger partial charge in [-0.2, -0.15) is 13.2 Å². The van der Waals surface area contributed by atoms with E-state index in [0.29, 0.717) is 5.56 Å². The molecule has 9 N–H and O–H groups in total. The number of fused-ring (bicyclic) bond motifs is 1. The number of nitrogens with zero attached hydrogens (tertiary/aromatic N) is 2. The van der Waals surface area contributed by atoms with Gasteiger partial charge in [0.15, 0.2) is 5.96 Å². The molecule has 5 rings (SSSR count). The lowest BCUT2D eigenvalue weighted by molar-refractivity contribution is -0.192. The molecule has 1 aliphatic rings. The topological polar surface area (TPSA) is 239 Å². The third-order valence-corrected chi connectivity index (χ3v) is 9.06. The number of ether oxygens (including phenoxy) is 1. The molecule has 0 spiro atoms. The highest BCUT2D eigenvalue weighted by atomic mass is 19.4. The van der Waals surface area contributed by atoms with E-state index in [1.54, 1.807) is 12.1 Å². The number of carboxylic acid groups (broad SMARTS) is 1. The number of hydrogen-bond acceptors (Lipinski definition) is 8. The van der Waals surface area contributed by atoms with Gasteiger partial charge in [-0.05, 0) is 45.7 Å². The van der Waals surface area contributed by atoms with Gasteiger partial charge in [0, 0.05) is 39.3 Å². The summed E-state index contributed by atoms with van der Waals surface area (Å²) in [5.41, 5.74) is 13.3. The second-order valence-electron chi connectivity index (χ2n) is 13.6. The number of nitrogens with two attached hydrogens (primary N) is 2. The second-order valence-corrected chi connectivity index (χ2v) is 13.6. The van der Waals surface area contributed by atoms with Gasteiger partial charge in [-0.25, -0.2) is 4.79 Å². The van der Waals surface area contributed by atoms with E-state index in [-0.39, 0.29) is 57.2 Å². The number of aliphatic carboxylic acids is 1. The summed E-state index contributed by atoms with van der Waals surface area (Å²) in [6.07, 6.45) is -5.07. The SMILES string of the molecule is CC(=O)N[C@H](Cc1ccc(O)cc1)C(=O)N[C@H](Cc1ccccc1)C(=O)N1C[C@H](OCc2ccc3ccccc3c2)C[C@@H]1C(=O)NCCN=C(N)N.O=C(O)C(F)(F)F. The molecule has 4 amide bonds. The highest BCUT2D eigenvalue weighted by Gasteiger charge is 2.43. The number of guanidine groups is 1. The van der Waals surface area contributed by atoms with Gasteiger partial charge in [-0.1, -0.05) is 78.9 Å². The Kier molecular flexibility index (Phi) is 16.2. The van der Waals surface area contributed by atoms with Crippen molar-refractivity contribution in [2.45, 2.75) is 63.2 Å². The first-order valence-corrected chi connectivity index (χ1v) is 18.4. The summed E-state index contributed by atoms with van der Waals surface area (Å²) in [6.45, 7) is 2.01. The minimum atomic E-state index is -5.08. The summed E-state index contributed by atoms with van der Waals surface area (Å²) < 4.78 is 38.0. The van der Waals surface area contributed by atoms with Crippen molar-refractivity contribution in [1.29, 1.82) is 0 Å². The van der Waals surface area contributed by atoms with Crippen LogP contribution in [-0.2, 0) is 48.2 Å². The van der Waals surface area contributed by atoms with Gasteiger partial charge < -0.3 is 47.3 Å². The number of alkyl halides is 3. The lowest BCUT2D eigenvalue weighted by atomic mass is 10.0. The molecule has 18 heteroatoms. The largest absolute Gasteiger partial charge is 0.508 e. The molecule has 4 atom stereocenters. The summed E-state index contributed by atoms with van der Waals surface area (Å²) >= 11 is 0. The van der Waals surface area contributed by atoms with E-state index in [9.17, 15) is 37.5 Å². The number of nitrogens with one attached hydrogen (secondary N) is 3. The predicted molar refractivity (Wildman–Crippen MR) is 212 cm³/mol. The van der Waals surface area contributed by atoms with E-state index >= 15 is 0 Å². The number of aliphatic imine (C=N–C) groups is 1. The van der Waals surface area contributed by atoms with Crippen LogP contribution in [0.1, 0.15) is 30.0 Å². The molecule has 15 nitrogen and oxygen atoms in total. The quantitative estimate of drug-likeness (QED) is 0.0526. The molecule has 0 saturated carbocycles. The van der Waals surface area contributed by atoms with E-state index in [4.69, 9.17) is 26.1 Å². The van der Waals surface area contributed by atoms with E-state index in [2.05, 4.69) is 27.0 Å². The summed E-state index contributed by atoms with van der Waals surface area (Å²) in [7, 11) is 0. The van der Waals surface area contributed by atoms with E-state index in [1.807, 2.05) is 66.7 Å². The molecule has 0 aromatic heterocycles. The van der Waals surface area contributed by atoms with Gasteiger partial charge >= 0.3 is 12.1 Å². The molecule has 0 bridgehead atoms. The Hall–Kier alpha value is -6.69. The third kappa shape index (κ3) is 14.3. The van der Waals surface area contributed by atoms with Crippen molar-refractivity contribution in [2.24, 2.45) is 16.5 Å². The van der Waals surface area contributed by atoms with Crippen LogP contribution in [0.3, 0.4) is 0 Å². The lowest BCUT2D eigenvalue weighted by Gasteiger charge is -2.30. The Balaban J connectivity index is 0.00000101. The Morgan fingerprint density at radius 1 is 0.847 bits per heavy atom. The predicted octanol–water partition coefficient (Wildman–Crippen LogP) is 2.53. The van der Waals surface area contributed by atoms with E-state index in [1.165, 1.54) is 24.0 Å². The van der Waals surface area contributed by atoms with Crippen LogP contribution >= 0.6 is 0 Å². The van der Waals surface area contributed by atoms with Crippen molar-refractivity contribution >= 4 is 46.3 Å². The Bertz CT molecular complexity index is 2100. The number of amides is 4. The minimum Gasteiger partial charge on any atom is -0.508 e. The third-order valence-electron chi connectivity index (χ3n) is 9.06. The van der Waals surface area contributed by atoms with Gasteiger partial charge in [-0.15, -0.1) is 0 Å². The Labute approximate surface area is 337 Å². The number of hydrogen-bond donors (Lipinski definition) is 7. The van der Waals surface area contributed by atoms with Crippen LogP contribution in [0.4, 0.5) is 13.2 Å². The molecular formula is C41H46F3N7O8.